The number of hydrogen-bond acceptors (Lipinski definition) is 2. The maximum Gasteiger partial charge on any atom is 0.317 e. The van der Waals surface area contributed by atoms with Crippen LogP contribution < -0.4 is 22.1 Å². The summed E-state index contributed by atoms with van der Waals surface area (Å²) in [5.41, 5.74) is 7.16. The van der Waals surface area contributed by atoms with Gasteiger partial charge in [0.1, 0.15) is 0 Å². The quantitative estimate of drug-likeness (QED) is 0.524. The molecule has 0 unspecified atom stereocenters. The number of carbonyl (C=O) groups excluding carboxylic acids is 2. The number of carbonyl (C=O) groups is 2. The van der Waals surface area contributed by atoms with Crippen molar-refractivity contribution in [1.29, 1.82) is 0 Å². The molecule has 4 amide bonds. The highest BCUT2D eigenvalue weighted by atomic mass is 16.2. The molecule has 0 heterocycles. The van der Waals surface area contributed by atoms with Gasteiger partial charge < -0.3 is 22.1 Å². The molecule has 0 radical (unpaired) electrons. The Morgan fingerprint density at radius 2 is 1.17 bits per heavy atom. The number of urea groups is 2. The maximum absolute atomic E-state index is 11.4. The van der Waals surface area contributed by atoms with Crippen LogP contribution in [0.25, 0.3) is 0 Å². The van der Waals surface area contributed by atoms with Gasteiger partial charge in [0.25, 0.3) is 0 Å². The summed E-state index contributed by atoms with van der Waals surface area (Å²) in [6, 6.07) is -1.20. The van der Waals surface area contributed by atoms with Crippen LogP contribution in [0.4, 0.5) is 9.59 Å². The molecule has 0 saturated heterocycles. The molecular weight excluding hydrogens is 232 g/mol. The fourth-order valence-electron chi connectivity index (χ4n) is 0.671. The number of hydrogen-bond donors (Lipinski definition) is 4. The minimum atomic E-state index is -0.833. The highest BCUT2D eigenvalue weighted by Crippen LogP contribution is 2.01. The van der Waals surface area contributed by atoms with Gasteiger partial charge in [-0.3, -0.25) is 0 Å². The van der Waals surface area contributed by atoms with Crippen LogP contribution in [0.15, 0.2) is 0 Å². The van der Waals surface area contributed by atoms with E-state index in [-0.39, 0.29) is 6.03 Å². The number of rotatable bonds is 2. The van der Waals surface area contributed by atoms with E-state index in [1.54, 1.807) is 27.7 Å². The smallest absolute Gasteiger partial charge is 0.317 e. The van der Waals surface area contributed by atoms with E-state index in [9.17, 15) is 4.79 Å². The van der Waals surface area contributed by atoms with Gasteiger partial charge in [0.2, 0.25) is 0 Å². The van der Waals surface area contributed by atoms with Crippen molar-refractivity contribution in [1.82, 2.24) is 10.6 Å². The van der Waals surface area contributed by atoms with Crippen LogP contribution in [0.2, 0.25) is 0 Å². The summed E-state index contributed by atoms with van der Waals surface area (Å²) in [4.78, 5) is 20.4. The molecule has 6 nitrogen and oxygen atoms in total. The maximum atomic E-state index is 11.4. The molecule has 0 aliphatic heterocycles. The van der Waals surface area contributed by atoms with Crippen molar-refractivity contribution in [2.75, 3.05) is 0 Å². The van der Waals surface area contributed by atoms with E-state index in [2.05, 4.69) is 33.9 Å². The number of terminal acetylenes is 2. The summed E-state index contributed by atoms with van der Waals surface area (Å²) in [5, 5.41) is 5.23. The van der Waals surface area contributed by atoms with Crippen molar-refractivity contribution in [3.05, 3.63) is 0 Å². The second-order valence-electron chi connectivity index (χ2n) is 4.52. The monoisotopic (exact) mass is 252 g/mol. The second kappa shape index (κ2) is 7.08. The first-order valence-electron chi connectivity index (χ1n) is 5.06. The van der Waals surface area contributed by atoms with Gasteiger partial charge in [-0.25, -0.2) is 9.59 Å². The predicted molar refractivity (Wildman–Crippen MR) is 71.3 cm³/mol. The van der Waals surface area contributed by atoms with Crippen molar-refractivity contribution in [2.45, 2.75) is 38.8 Å². The van der Waals surface area contributed by atoms with Crippen LogP contribution >= 0.6 is 0 Å². The average molecular weight is 252 g/mol. The Labute approximate surface area is 108 Å². The molecule has 0 bridgehead atoms. The number of nitrogens with one attached hydrogen (secondary N) is 2. The molecule has 0 saturated carbocycles. The van der Waals surface area contributed by atoms with Crippen LogP contribution in [-0.2, 0) is 0 Å². The number of nitrogens with two attached hydrogens (primary N) is 2. The molecule has 6 heteroatoms. The van der Waals surface area contributed by atoms with Crippen LogP contribution in [-0.4, -0.2) is 23.1 Å². The zero-order chi connectivity index (χ0) is 15.0. The zero-order valence-corrected chi connectivity index (χ0v) is 11.1. The standard InChI is InChI=1S/C11H16N2O.CH4N2O/c1-7-10(3,4)12-9(14)13-11(5,6)8-2;2-1(3)4/h1-2H,3-6H3,(H2,12,13,14);(H4,2,3,4). The first kappa shape index (κ1) is 18.0. The summed E-state index contributed by atoms with van der Waals surface area (Å²) in [7, 11) is 0. The van der Waals surface area contributed by atoms with E-state index < -0.39 is 17.1 Å². The Hall–Kier alpha value is -2.34. The molecule has 0 rings (SSSR count). The highest BCUT2D eigenvalue weighted by molar-refractivity contribution is 5.76. The average Bonchev–Trinajstić information content (AvgIpc) is 2.15. The van der Waals surface area contributed by atoms with E-state index in [0.717, 1.165) is 0 Å². The van der Waals surface area contributed by atoms with E-state index in [1.165, 1.54) is 0 Å². The summed E-state index contributed by atoms with van der Waals surface area (Å²) in [6.07, 6.45) is 10.4. The second-order valence-corrected chi connectivity index (χ2v) is 4.52. The normalized spacial score (nSPS) is 9.89. The van der Waals surface area contributed by atoms with Crippen molar-refractivity contribution >= 4 is 12.1 Å². The third kappa shape index (κ3) is 11.7. The SMILES string of the molecule is C#CC(C)(C)NC(=O)NC(C)(C)C#C.NC(N)=O. The molecular formula is C12H20N4O2. The van der Waals surface area contributed by atoms with E-state index in [1.807, 2.05) is 0 Å². The lowest BCUT2D eigenvalue weighted by molar-refractivity contribution is 0.229. The summed E-state index contributed by atoms with van der Waals surface area (Å²) in [5.74, 6) is 4.90. The predicted octanol–water partition coefficient (Wildman–Crippen LogP) is 0.133. The molecule has 0 aliphatic carbocycles. The fraction of sp³-hybridized carbons (Fsp3) is 0.500. The fourth-order valence-corrected chi connectivity index (χ4v) is 0.671. The molecule has 0 aliphatic rings. The number of primary amides is 2. The topological polar surface area (TPSA) is 110 Å². The first-order chi connectivity index (χ1) is 7.95. The van der Waals surface area contributed by atoms with E-state index >= 15 is 0 Å². The van der Waals surface area contributed by atoms with Crippen LogP contribution in [0.5, 0.6) is 0 Å². The van der Waals surface area contributed by atoms with Crippen LogP contribution in [0.1, 0.15) is 27.7 Å². The molecule has 0 fully saturated rings. The highest BCUT2D eigenvalue weighted by Gasteiger charge is 2.21. The van der Waals surface area contributed by atoms with Crippen LogP contribution in [0, 0.1) is 24.7 Å². The summed E-state index contributed by atoms with van der Waals surface area (Å²) in [6.45, 7) is 6.93. The molecule has 6 N–H and O–H groups in total. The Bertz CT molecular complexity index is 352. The van der Waals surface area contributed by atoms with Gasteiger partial charge in [0, 0.05) is 0 Å². The molecule has 0 aromatic heterocycles. The largest absolute Gasteiger partial charge is 0.352 e. The minimum Gasteiger partial charge on any atom is -0.352 e. The van der Waals surface area contributed by atoms with E-state index in [4.69, 9.17) is 17.6 Å². The van der Waals surface area contributed by atoms with Crippen LogP contribution in [0.3, 0.4) is 0 Å². The molecule has 0 atom stereocenters. The lowest BCUT2D eigenvalue weighted by Crippen LogP contribution is -2.53. The summed E-state index contributed by atoms with van der Waals surface area (Å²) >= 11 is 0. The molecule has 100 valence electrons. The number of amides is 4. The Kier molecular flexibility index (Phi) is 7.09. The van der Waals surface area contributed by atoms with Gasteiger partial charge in [-0.05, 0) is 27.7 Å². The Morgan fingerprint density at radius 1 is 0.944 bits per heavy atom. The lowest BCUT2D eigenvalue weighted by atomic mass is 10.1. The summed E-state index contributed by atoms with van der Waals surface area (Å²) < 4.78 is 0. The Balaban J connectivity index is 0. The molecule has 0 spiro atoms. The minimum absolute atomic E-state index is 0.365. The van der Waals surface area contributed by atoms with Gasteiger partial charge in [-0.15, -0.1) is 12.8 Å². The Morgan fingerprint density at radius 3 is 1.33 bits per heavy atom. The van der Waals surface area contributed by atoms with Gasteiger partial charge in [-0.1, -0.05) is 11.8 Å². The zero-order valence-electron chi connectivity index (χ0n) is 11.1. The van der Waals surface area contributed by atoms with Gasteiger partial charge >= 0.3 is 12.1 Å². The van der Waals surface area contributed by atoms with Crippen molar-refractivity contribution < 1.29 is 9.59 Å². The molecule has 0 aromatic carbocycles. The first-order valence-corrected chi connectivity index (χ1v) is 5.06. The van der Waals surface area contributed by atoms with Gasteiger partial charge in [0.05, 0.1) is 11.1 Å². The lowest BCUT2D eigenvalue weighted by Gasteiger charge is -2.24. The van der Waals surface area contributed by atoms with Crippen molar-refractivity contribution in [3.8, 4) is 24.7 Å². The molecule has 0 aromatic rings. The van der Waals surface area contributed by atoms with Gasteiger partial charge in [-0.2, -0.15) is 0 Å². The third-order valence-electron chi connectivity index (χ3n) is 1.57. The molecule has 18 heavy (non-hydrogen) atoms. The third-order valence-corrected chi connectivity index (χ3v) is 1.57. The van der Waals surface area contributed by atoms with Crippen molar-refractivity contribution in [2.24, 2.45) is 11.5 Å². The van der Waals surface area contributed by atoms with Crippen molar-refractivity contribution in [3.63, 3.8) is 0 Å². The van der Waals surface area contributed by atoms with Gasteiger partial charge in [0.15, 0.2) is 0 Å². The van der Waals surface area contributed by atoms with E-state index in [0.29, 0.717) is 0 Å².